The number of nitrogens with one attached hydrogen (secondary N) is 1. The van der Waals surface area contributed by atoms with Crippen molar-refractivity contribution in [1.82, 2.24) is 15.2 Å². The normalized spacial score (nSPS) is 18.5. The first-order valence-corrected chi connectivity index (χ1v) is 7.18. The Kier molecular flexibility index (Phi) is 5.33. The van der Waals surface area contributed by atoms with Crippen LogP contribution in [-0.4, -0.2) is 35.4 Å². The van der Waals surface area contributed by atoms with Gasteiger partial charge in [-0.25, -0.2) is 0 Å². The van der Waals surface area contributed by atoms with E-state index in [1.165, 1.54) is 6.42 Å². The third-order valence-corrected chi connectivity index (χ3v) is 3.74. The van der Waals surface area contributed by atoms with Gasteiger partial charge in [0, 0.05) is 19.2 Å². The fourth-order valence-corrected chi connectivity index (χ4v) is 2.51. The van der Waals surface area contributed by atoms with E-state index < -0.39 is 0 Å². The maximum atomic E-state index is 12.2. The van der Waals surface area contributed by atoms with E-state index >= 15 is 0 Å². The quantitative estimate of drug-likeness (QED) is 0.849. The van der Waals surface area contributed by atoms with E-state index in [4.69, 9.17) is 0 Å². The fraction of sp³-hybridized carbons (Fsp3) is 0.600. The van der Waals surface area contributed by atoms with Crippen molar-refractivity contribution in [1.29, 1.82) is 0 Å². The number of amides is 1. The van der Waals surface area contributed by atoms with Gasteiger partial charge in [-0.3, -0.25) is 9.78 Å². The number of pyridine rings is 1. The SMILES string of the molecule is CCN(Cc1ccccn1)C(=O)CCC1CCNC1. The Labute approximate surface area is 115 Å². The standard InChI is InChI=1S/C15H23N3O/c1-2-18(12-14-5-3-4-9-17-14)15(19)7-6-13-8-10-16-11-13/h3-5,9,13,16H,2,6-8,10-12H2,1H3. The van der Waals surface area contributed by atoms with Crippen LogP contribution in [0.1, 0.15) is 31.9 Å². The van der Waals surface area contributed by atoms with Crippen molar-refractivity contribution in [3.8, 4) is 0 Å². The lowest BCUT2D eigenvalue weighted by Crippen LogP contribution is -2.30. The van der Waals surface area contributed by atoms with Crippen molar-refractivity contribution in [3.63, 3.8) is 0 Å². The highest BCUT2D eigenvalue weighted by Crippen LogP contribution is 2.15. The second-order valence-electron chi connectivity index (χ2n) is 5.13. The minimum Gasteiger partial charge on any atom is -0.337 e. The largest absolute Gasteiger partial charge is 0.337 e. The molecule has 1 aromatic rings. The van der Waals surface area contributed by atoms with Gasteiger partial charge >= 0.3 is 0 Å². The smallest absolute Gasteiger partial charge is 0.222 e. The number of rotatable bonds is 6. The van der Waals surface area contributed by atoms with Gasteiger partial charge in [-0.2, -0.15) is 0 Å². The molecule has 104 valence electrons. The highest BCUT2D eigenvalue weighted by Gasteiger charge is 2.18. The highest BCUT2D eigenvalue weighted by atomic mass is 16.2. The van der Waals surface area contributed by atoms with Crippen LogP contribution >= 0.6 is 0 Å². The summed E-state index contributed by atoms with van der Waals surface area (Å²) >= 11 is 0. The first-order chi connectivity index (χ1) is 9.29. The van der Waals surface area contributed by atoms with Gasteiger partial charge in [0.05, 0.1) is 12.2 Å². The first-order valence-electron chi connectivity index (χ1n) is 7.18. The van der Waals surface area contributed by atoms with E-state index in [0.29, 0.717) is 18.9 Å². The zero-order chi connectivity index (χ0) is 13.5. The van der Waals surface area contributed by atoms with Crippen molar-refractivity contribution in [2.24, 2.45) is 5.92 Å². The minimum atomic E-state index is 0.250. The molecule has 1 atom stereocenters. The molecule has 1 aliphatic rings. The van der Waals surface area contributed by atoms with Crippen LogP contribution in [0.25, 0.3) is 0 Å². The van der Waals surface area contributed by atoms with E-state index in [1.54, 1.807) is 6.20 Å². The Morgan fingerprint density at radius 1 is 1.53 bits per heavy atom. The van der Waals surface area contributed by atoms with Crippen LogP contribution in [0.3, 0.4) is 0 Å². The van der Waals surface area contributed by atoms with Crippen molar-refractivity contribution in [2.45, 2.75) is 32.7 Å². The maximum absolute atomic E-state index is 12.2. The molecular formula is C15H23N3O. The average Bonchev–Trinajstić information content (AvgIpc) is 2.96. The predicted octanol–water partition coefficient (Wildman–Crippen LogP) is 1.82. The summed E-state index contributed by atoms with van der Waals surface area (Å²) in [6.45, 7) is 5.57. The zero-order valence-corrected chi connectivity index (χ0v) is 11.6. The van der Waals surface area contributed by atoms with Crippen molar-refractivity contribution in [2.75, 3.05) is 19.6 Å². The van der Waals surface area contributed by atoms with Gasteiger partial charge < -0.3 is 10.2 Å². The molecule has 1 fully saturated rings. The molecule has 0 aromatic carbocycles. The molecule has 19 heavy (non-hydrogen) atoms. The maximum Gasteiger partial charge on any atom is 0.222 e. The molecule has 2 rings (SSSR count). The number of carbonyl (C=O) groups excluding carboxylic acids is 1. The summed E-state index contributed by atoms with van der Waals surface area (Å²) in [5.41, 5.74) is 0.959. The molecule has 0 aliphatic carbocycles. The molecule has 0 bridgehead atoms. The second kappa shape index (κ2) is 7.24. The molecule has 0 spiro atoms. The molecule has 4 heteroatoms. The number of carbonyl (C=O) groups is 1. The summed E-state index contributed by atoms with van der Waals surface area (Å²) in [7, 11) is 0. The summed E-state index contributed by atoms with van der Waals surface area (Å²) in [5, 5.41) is 3.34. The van der Waals surface area contributed by atoms with Gasteiger partial charge in [-0.1, -0.05) is 6.07 Å². The van der Waals surface area contributed by atoms with E-state index in [1.807, 2.05) is 30.0 Å². The highest BCUT2D eigenvalue weighted by molar-refractivity contribution is 5.76. The van der Waals surface area contributed by atoms with Crippen LogP contribution in [0.2, 0.25) is 0 Å². The minimum absolute atomic E-state index is 0.250. The second-order valence-corrected chi connectivity index (χ2v) is 5.13. The van der Waals surface area contributed by atoms with E-state index in [-0.39, 0.29) is 5.91 Å². The van der Waals surface area contributed by atoms with Crippen LogP contribution < -0.4 is 5.32 Å². The summed E-state index contributed by atoms with van der Waals surface area (Å²) in [6.07, 6.45) is 4.65. The molecule has 1 saturated heterocycles. The van der Waals surface area contributed by atoms with Crippen LogP contribution in [0.5, 0.6) is 0 Å². The van der Waals surface area contributed by atoms with Gasteiger partial charge in [0.15, 0.2) is 0 Å². The fourth-order valence-electron chi connectivity index (χ4n) is 2.51. The third-order valence-electron chi connectivity index (χ3n) is 3.74. The Morgan fingerprint density at radius 3 is 3.05 bits per heavy atom. The van der Waals surface area contributed by atoms with E-state index in [9.17, 15) is 4.79 Å². The van der Waals surface area contributed by atoms with Crippen LogP contribution in [0.15, 0.2) is 24.4 Å². The Morgan fingerprint density at radius 2 is 2.42 bits per heavy atom. The molecule has 4 nitrogen and oxygen atoms in total. The summed E-state index contributed by atoms with van der Waals surface area (Å²) < 4.78 is 0. The van der Waals surface area contributed by atoms with Gasteiger partial charge in [-0.15, -0.1) is 0 Å². The summed E-state index contributed by atoms with van der Waals surface area (Å²) in [5.74, 6) is 0.928. The third kappa shape index (κ3) is 4.31. The van der Waals surface area contributed by atoms with Crippen molar-refractivity contribution < 1.29 is 4.79 Å². The van der Waals surface area contributed by atoms with Crippen molar-refractivity contribution >= 4 is 5.91 Å². The Bertz CT molecular complexity index is 388. The lowest BCUT2D eigenvalue weighted by atomic mass is 10.0. The van der Waals surface area contributed by atoms with Gasteiger partial charge in [0.2, 0.25) is 5.91 Å². The molecule has 2 heterocycles. The molecule has 1 amide bonds. The van der Waals surface area contributed by atoms with E-state index in [0.717, 1.165) is 31.7 Å². The molecule has 0 radical (unpaired) electrons. The molecular weight excluding hydrogens is 238 g/mol. The summed E-state index contributed by atoms with van der Waals surface area (Å²) in [4.78, 5) is 18.4. The van der Waals surface area contributed by atoms with Crippen molar-refractivity contribution in [3.05, 3.63) is 30.1 Å². The van der Waals surface area contributed by atoms with Gasteiger partial charge in [0.1, 0.15) is 0 Å². The summed E-state index contributed by atoms with van der Waals surface area (Å²) in [6, 6.07) is 5.83. The molecule has 1 aliphatic heterocycles. The van der Waals surface area contributed by atoms with Crippen LogP contribution in [0.4, 0.5) is 0 Å². The molecule has 1 aromatic heterocycles. The monoisotopic (exact) mass is 261 g/mol. The van der Waals surface area contributed by atoms with Crippen LogP contribution in [-0.2, 0) is 11.3 Å². The first kappa shape index (κ1) is 14.0. The topological polar surface area (TPSA) is 45.2 Å². The lowest BCUT2D eigenvalue weighted by Gasteiger charge is -2.21. The molecule has 1 N–H and O–H groups in total. The molecule has 0 saturated carbocycles. The van der Waals surface area contributed by atoms with Gasteiger partial charge in [0.25, 0.3) is 0 Å². The van der Waals surface area contributed by atoms with E-state index in [2.05, 4.69) is 10.3 Å². The van der Waals surface area contributed by atoms with Crippen LogP contribution in [0, 0.1) is 5.92 Å². The number of aromatic nitrogens is 1. The number of hydrogen-bond acceptors (Lipinski definition) is 3. The Balaban J connectivity index is 1.81. The van der Waals surface area contributed by atoms with Gasteiger partial charge in [-0.05, 0) is 50.9 Å². The number of hydrogen-bond donors (Lipinski definition) is 1. The molecule has 1 unspecified atom stereocenters. The average molecular weight is 261 g/mol. The predicted molar refractivity (Wildman–Crippen MR) is 75.5 cm³/mol. The Hall–Kier alpha value is -1.42. The number of nitrogens with zero attached hydrogens (tertiary/aromatic N) is 2. The lowest BCUT2D eigenvalue weighted by molar-refractivity contribution is -0.131. The zero-order valence-electron chi connectivity index (χ0n) is 11.6.